The van der Waals surface area contributed by atoms with Gasteiger partial charge < -0.3 is 4.90 Å². The van der Waals surface area contributed by atoms with Crippen molar-refractivity contribution in [2.45, 2.75) is 43.8 Å². The number of amides is 1. The van der Waals surface area contributed by atoms with Gasteiger partial charge >= 0.3 is 0 Å². The lowest BCUT2D eigenvalue weighted by atomic mass is 10.0. The van der Waals surface area contributed by atoms with Crippen molar-refractivity contribution in [3.63, 3.8) is 0 Å². The molecule has 0 N–H and O–H groups in total. The minimum absolute atomic E-state index is 0.151. The number of halogens is 1. The number of aromatic nitrogens is 2. The molecule has 7 heteroatoms. The molecule has 2 aliphatic heterocycles. The third-order valence-electron chi connectivity index (χ3n) is 4.25. The van der Waals surface area contributed by atoms with E-state index in [4.69, 9.17) is 18.0 Å². The van der Waals surface area contributed by atoms with Crippen LogP contribution in [-0.4, -0.2) is 39.3 Å². The molecule has 1 unspecified atom stereocenters. The Morgan fingerprint density at radius 1 is 1.50 bits per heavy atom. The normalized spacial score (nSPS) is 21.8. The summed E-state index contributed by atoms with van der Waals surface area (Å²) in [5, 5.41) is 13.0. The van der Waals surface area contributed by atoms with Crippen LogP contribution in [0.5, 0.6) is 0 Å². The Morgan fingerprint density at radius 3 is 2.95 bits per heavy atom. The zero-order valence-corrected chi connectivity index (χ0v) is 13.0. The third kappa shape index (κ3) is 3.30. The second-order valence-electron chi connectivity index (χ2n) is 5.81. The number of hydrogen-bond acceptors (Lipinski definition) is 4. The van der Waals surface area contributed by atoms with Crippen LogP contribution < -0.4 is 0 Å². The second-order valence-corrected chi connectivity index (χ2v) is 6.24. The fourth-order valence-electron chi connectivity index (χ4n) is 2.83. The zero-order valence-electron chi connectivity index (χ0n) is 12.3. The van der Waals surface area contributed by atoms with Gasteiger partial charge in [0.2, 0.25) is 5.91 Å². The van der Waals surface area contributed by atoms with E-state index in [0.29, 0.717) is 30.8 Å². The number of likely N-dealkylation sites (tertiary alicyclic amines) is 1. The second kappa shape index (κ2) is 6.09. The molecule has 3 rings (SSSR count). The van der Waals surface area contributed by atoms with E-state index in [1.165, 1.54) is 0 Å². The van der Waals surface area contributed by atoms with E-state index in [1.807, 2.05) is 9.58 Å². The highest BCUT2D eigenvalue weighted by atomic mass is 35.5. The van der Waals surface area contributed by atoms with Crippen molar-refractivity contribution in [3.05, 3.63) is 17.4 Å². The third-order valence-corrected chi connectivity index (χ3v) is 4.45. The fraction of sp³-hybridized carbons (Fsp3) is 0.600. The Kier molecular flexibility index (Phi) is 4.16. The van der Waals surface area contributed by atoms with Crippen molar-refractivity contribution in [1.82, 2.24) is 14.7 Å². The van der Waals surface area contributed by atoms with Crippen LogP contribution in [0.1, 0.15) is 38.1 Å². The van der Waals surface area contributed by atoms with Crippen molar-refractivity contribution >= 4 is 17.5 Å². The topological polar surface area (TPSA) is 62.9 Å². The maximum absolute atomic E-state index is 12.3. The van der Waals surface area contributed by atoms with Gasteiger partial charge in [0.25, 0.3) is 0 Å². The summed E-state index contributed by atoms with van der Waals surface area (Å²) in [5.74, 6) is 2.75. The van der Waals surface area contributed by atoms with E-state index in [0.717, 1.165) is 19.4 Å². The van der Waals surface area contributed by atoms with E-state index in [9.17, 15) is 4.79 Å². The lowest BCUT2D eigenvalue weighted by Crippen LogP contribution is -2.30. The first-order valence-corrected chi connectivity index (χ1v) is 7.85. The Hall–Kier alpha value is -1.87. The molecule has 1 aromatic rings. The van der Waals surface area contributed by atoms with Gasteiger partial charge in [0.1, 0.15) is 0 Å². The van der Waals surface area contributed by atoms with Gasteiger partial charge in [-0.05, 0) is 6.42 Å². The molecule has 0 aromatic carbocycles. The molecule has 0 saturated carbocycles. The van der Waals surface area contributed by atoms with Crippen LogP contribution in [0.25, 0.3) is 0 Å². The predicted molar refractivity (Wildman–Crippen MR) is 82.4 cm³/mol. The van der Waals surface area contributed by atoms with E-state index >= 15 is 0 Å². The first kappa shape index (κ1) is 15.0. The molecule has 116 valence electrons. The molecule has 1 saturated heterocycles. The maximum atomic E-state index is 12.3. The number of carbonyl (C=O) groups is 1. The molecule has 0 spiro atoms. The smallest absolute Gasteiger partial charge is 0.222 e. The molecule has 0 radical (unpaired) electrons. The highest BCUT2D eigenvalue weighted by Crippen LogP contribution is 2.38. The van der Waals surface area contributed by atoms with Gasteiger partial charge in [0, 0.05) is 45.0 Å². The molecule has 1 amide bonds. The number of terminal acetylenes is 1. The van der Waals surface area contributed by atoms with E-state index in [1.54, 1.807) is 12.4 Å². The highest BCUT2D eigenvalue weighted by Gasteiger charge is 2.40. The quantitative estimate of drug-likeness (QED) is 0.757. The molecule has 3 heterocycles. The monoisotopic (exact) mass is 319 g/mol. The molecule has 2 aliphatic rings. The highest BCUT2D eigenvalue weighted by molar-refractivity contribution is 6.30. The zero-order chi connectivity index (χ0) is 15.6. The van der Waals surface area contributed by atoms with Crippen molar-refractivity contribution in [2.24, 2.45) is 10.2 Å². The van der Waals surface area contributed by atoms with Crippen LogP contribution in [0.3, 0.4) is 0 Å². The van der Waals surface area contributed by atoms with Gasteiger partial charge in [-0.3, -0.25) is 9.48 Å². The van der Waals surface area contributed by atoms with Crippen LogP contribution in [-0.2, 0) is 4.79 Å². The van der Waals surface area contributed by atoms with E-state index in [-0.39, 0.29) is 17.6 Å². The number of nitrogens with zero attached hydrogens (tertiary/aromatic N) is 5. The van der Waals surface area contributed by atoms with Crippen LogP contribution in [0, 0.1) is 12.3 Å². The molecule has 1 fully saturated rings. The van der Waals surface area contributed by atoms with Gasteiger partial charge in [0.15, 0.2) is 5.66 Å². The summed E-state index contributed by atoms with van der Waals surface area (Å²) in [6, 6.07) is 0.210. The summed E-state index contributed by atoms with van der Waals surface area (Å²) in [6.45, 7) is 1.44. The first-order valence-electron chi connectivity index (χ1n) is 7.47. The van der Waals surface area contributed by atoms with Crippen LogP contribution in [0.2, 0.25) is 5.02 Å². The largest absolute Gasteiger partial charge is 0.340 e. The lowest BCUT2D eigenvalue weighted by Gasteiger charge is -2.17. The molecule has 0 bridgehead atoms. The molecule has 22 heavy (non-hydrogen) atoms. The summed E-state index contributed by atoms with van der Waals surface area (Å²) in [7, 11) is 0. The summed E-state index contributed by atoms with van der Waals surface area (Å²) < 4.78 is 1.84. The number of hydrogen-bond donors (Lipinski definition) is 0. The van der Waals surface area contributed by atoms with E-state index < -0.39 is 0 Å². The summed E-state index contributed by atoms with van der Waals surface area (Å²) in [6.07, 6.45) is 12.1. The fourth-order valence-corrected chi connectivity index (χ4v) is 2.98. The molecule has 1 atom stereocenters. The van der Waals surface area contributed by atoms with Crippen molar-refractivity contribution in [3.8, 4) is 12.3 Å². The van der Waals surface area contributed by atoms with Gasteiger partial charge in [0.05, 0.1) is 17.3 Å². The average Bonchev–Trinajstić information content (AvgIpc) is 2.91. The lowest BCUT2D eigenvalue weighted by molar-refractivity contribution is -0.130. The van der Waals surface area contributed by atoms with Crippen LogP contribution in [0.4, 0.5) is 0 Å². The van der Waals surface area contributed by atoms with Gasteiger partial charge in [-0.2, -0.15) is 15.3 Å². The van der Waals surface area contributed by atoms with Gasteiger partial charge in [-0.25, -0.2) is 0 Å². The van der Waals surface area contributed by atoms with Crippen LogP contribution in [0.15, 0.2) is 22.6 Å². The Balaban J connectivity index is 1.47. The summed E-state index contributed by atoms with van der Waals surface area (Å²) in [4.78, 5) is 14.2. The van der Waals surface area contributed by atoms with Crippen LogP contribution >= 0.6 is 11.6 Å². The Bertz CT molecular complexity index is 626. The van der Waals surface area contributed by atoms with E-state index in [2.05, 4.69) is 21.2 Å². The minimum atomic E-state index is -0.378. The predicted octanol–water partition coefficient (Wildman–Crippen LogP) is 2.67. The molecule has 0 aliphatic carbocycles. The molecule has 1 aromatic heterocycles. The average molecular weight is 320 g/mol. The maximum Gasteiger partial charge on any atom is 0.222 e. The molecule has 6 nitrogen and oxygen atoms in total. The molecular formula is C15H18ClN5O. The number of carbonyl (C=O) groups excluding carboxylic acids is 1. The van der Waals surface area contributed by atoms with Gasteiger partial charge in [-0.15, -0.1) is 12.3 Å². The van der Waals surface area contributed by atoms with Crippen molar-refractivity contribution < 1.29 is 4.79 Å². The summed E-state index contributed by atoms with van der Waals surface area (Å²) in [5.41, 5.74) is -0.378. The number of rotatable bonds is 6. The Labute approximate surface area is 134 Å². The summed E-state index contributed by atoms with van der Waals surface area (Å²) >= 11 is 5.89. The molecular weight excluding hydrogens is 302 g/mol. The standard InChI is InChI=1S/C15H18ClN5O/c1-2-3-6-15(18-19-15)7-4-14(22)20-8-5-13(11-20)21-10-12(16)9-17-21/h1,9-10,13H,3-8,11H2. The van der Waals surface area contributed by atoms with Crippen molar-refractivity contribution in [1.29, 1.82) is 0 Å². The SMILES string of the molecule is C#CCCC1(CCC(=O)N2CCC(n3cc(Cl)cn3)C2)N=N1. The van der Waals surface area contributed by atoms with Crippen molar-refractivity contribution in [2.75, 3.05) is 13.1 Å². The minimum Gasteiger partial charge on any atom is -0.340 e. The first-order chi connectivity index (χ1) is 10.6. The van der Waals surface area contributed by atoms with Gasteiger partial charge in [-0.1, -0.05) is 11.6 Å². The Morgan fingerprint density at radius 2 is 2.32 bits per heavy atom.